The zero-order chi connectivity index (χ0) is 32.7. The van der Waals surface area contributed by atoms with Crippen molar-refractivity contribution in [2.24, 2.45) is 17.3 Å². The third kappa shape index (κ3) is 6.31. The van der Waals surface area contributed by atoms with Crippen molar-refractivity contribution in [1.82, 2.24) is 5.32 Å². The van der Waals surface area contributed by atoms with Gasteiger partial charge in [0.05, 0.1) is 35.7 Å². The number of rotatable bonds is 8. The fourth-order valence-electron chi connectivity index (χ4n) is 7.04. The Balaban J connectivity index is 1.75. The number of carbonyl (C=O) groups is 2. The molecule has 3 aromatic rings. The molecule has 1 saturated heterocycles. The zero-order valence-electron chi connectivity index (χ0n) is 25.5. The first kappa shape index (κ1) is 32.9. The van der Waals surface area contributed by atoms with Crippen molar-refractivity contribution in [2.75, 3.05) is 12.4 Å². The van der Waals surface area contributed by atoms with Gasteiger partial charge in [0, 0.05) is 28.1 Å². The monoisotopic (exact) mass is 653 g/mol. The molecule has 1 aliphatic heterocycles. The van der Waals surface area contributed by atoms with Gasteiger partial charge < -0.3 is 15.4 Å². The van der Waals surface area contributed by atoms with Crippen LogP contribution in [-0.2, 0) is 14.9 Å². The molecule has 236 valence electrons. The minimum absolute atomic E-state index is 0.0771. The Hall–Kier alpha value is -3.51. The number of esters is 1. The molecule has 1 amide bonds. The molecule has 1 unspecified atom stereocenters. The average molecular weight is 655 g/mol. The lowest BCUT2D eigenvalue weighted by Gasteiger charge is -2.46. The molecule has 0 spiro atoms. The number of hydrogen-bond acceptors (Lipinski definition) is 5. The summed E-state index contributed by atoms with van der Waals surface area (Å²) in [6, 6.07) is 15.9. The number of ether oxygens (including phenoxy) is 1. The summed E-state index contributed by atoms with van der Waals surface area (Å²) in [5.74, 6) is -4.28. The van der Waals surface area contributed by atoms with Gasteiger partial charge in [0.25, 0.3) is 0 Å². The van der Waals surface area contributed by atoms with Gasteiger partial charge in [0.1, 0.15) is 11.6 Å². The molecular weight excluding hydrogens is 619 g/mol. The van der Waals surface area contributed by atoms with Crippen molar-refractivity contribution in [1.29, 1.82) is 5.26 Å². The van der Waals surface area contributed by atoms with E-state index in [0.29, 0.717) is 17.7 Å². The van der Waals surface area contributed by atoms with Crippen molar-refractivity contribution in [3.63, 3.8) is 0 Å². The van der Waals surface area contributed by atoms with E-state index in [1.165, 1.54) is 31.4 Å². The largest absolute Gasteiger partial charge is 0.465 e. The second-order valence-corrected chi connectivity index (χ2v) is 14.0. The van der Waals surface area contributed by atoms with E-state index in [1.54, 1.807) is 36.4 Å². The maximum Gasteiger partial charge on any atom is 0.337 e. The van der Waals surface area contributed by atoms with Crippen LogP contribution in [0.2, 0.25) is 10.0 Å². The second kappa shape index (κ2) is 12.7. The van der Waals surface area contributed by atoms with Crippen molar-refractivity contribution < 1.29 is 23.1 Å². The van der Waals surface area contributed by atoms with Crippen molar-refractivity contribution in [2.45, 2.75) is 63.5 Å². The van der Waals surface area contributed by atoms with E-state index < -0.39 is 52.8 Å². The van der Waals surface area contributed by atoms with Crippen molar-refractivity contribution in [3.8, 4) is 6.07 Å². The van der Waals surface area contributed by atoms with Gasteiger partial charge >= 0.3 is 5.97 Å². The summed E-state index contributed by atoms with van der Waals surface area (Å²) in [6.45, 7) is 6.09. The summed E-state index contributed by atoms with van der Waals surface area (Å²) < 4.78 is 37.3. The van der Waals surface area contributed by atoms with Crippen LogP contribution in [0.15, 0.2) is 60.7 Å². The molecule has 2 fully saturated rings. The van der Waals surface area contributed by atoms with E-state index in [-0.39, 0.29) is 32.5 Å². The molecule has 5 atom stereocenters. The van der Waals surface area contributed by atoms with Crippen LogP contribution in [0.25, 0.3) is 0 Å². The number of anilines is 1. The number of methoxy groups -OCH3 is 1. The van der Waals surface area contributed by atoms with Crippen molar-refractivity contribution >= 4 is 40.8 Å². The van der Waals surface area contributed by atoms with E-state index in [0.717, 1.165) is 12.8 Å². The highest BCUT2D eigenvalue weighted by Gasteiger charge is 2.65. The fraction of sp³-hybridized carbons (Fsp3) is 0.400. The van der Waals surface area contributed by atoms with Gasteiger partial charge in [0.2, 0.25) is 5.91 Å². The van der Waals surface area contributed by atoms with Crippen LogP contribution < -0.4 is 10.6 Å². The lowest BCUT2D eigenvalue weighted by Crippen LogP contribution is -2.51. The number of benzene rings is 3. The van der Waals surface area contributed by atoms with Gasteiger partial charge in [-0.2, -0.15) is 5.26 Å². The SMILES string of the molecule is COC(=O)c1ccc(NC(=O)[C@@H]2N[C@@H](CC(C)(C)C)[C@@](c3ccc(Cl)cc3F)(C(C#N)C3CC3)[C@H]2c2cccc(Cl)c2F)cc1. The fourth-order valence-corrected chi connectivity index (χ4v) is 7.38. The third-order valence-corrected chi connectivity index (χ3v) is 9.47. The van der Waals surface area contributed by atoms with Crippen LogP contribution in [0.4, 0.5) is 14.5 Å². The van der Waals surface area contributed by atoms with E-state index in [4.69, 9.17) is 27.9 Å². The van der Waals surface area contributed by atoms with Gasteiger partial charge in [-0.25, -0.2) is 13.6 Å². The molecule has 0 radical (unpaired) electrons. The molecule has 0 bridgehead atoms. The number of carbonyl (C=O) groups excluding carboxylic acids is 2. The van der Waals surface area contributed by atoms with Crippen LogP contribution in [0.3, 0.4) is 0 Å². The molecule has 1 aliphatic carbocycles. The molecule has 6 nitrogen and oxygen atoms in total. The first-order valence-electron chi connectivity index (χ1n) is 14.9. The summed E-state index contributed by atoms with van der Waals surface area (Å²) in [6.07, 6.45) is 1.95. The first-order valence-corrected chi connectivity index (χ1v) is 15.6. The first-order chi connectivity index (χ1) is 21.3. The third-order valence-electron chi connectivity index (χ3n) is 8.94. The minimum Gasteiger partial charge on any atom is -0.465 e. The molecule has 1 saturated carbocycles. The number of hydrogen-bond donors (Lipinski definition) is 2. The van der Waals surface area contributed by atoms with Crippen LogP contribution in [0.1, 0.15) is 67.4 Å². The van der Waals surface area contributed by atoms with Gasteiger partial charge in [-0.3, -0.25) is 4.79 Å². The number of halogens is 4. The lowest BCUT2D eigenvalue weighted by atomic mass is 9.55. The normalized spacial score (nSPS) is 23.7. The molecule has 2 N–H and O–H groups in total. The zero-order valence-corrected chi connectivity index (χ0v) is 27.0. The molecular formula is C35H35Cl2F2N3O3. The van der Waals surface area contributed by atoms with E-state index in [9.17, 15) is 14.9 Å². The Morgan fingerprint density at radius 3 is 2.38 bits per heavy atom. The van der Waals surface area contributed by atoms with Gasteiger partial charge in [0.15, 0.2) is 0 Å². The quantitative estimate of drug-likeness (QED) is 0.240. The molecule has 2 aliphatic rings. The minimum atomic E-state index is -1.39. The highest BCUT2D eigenvalue weighted by Crippen LogP contribution is 2.61. The topological polar surface area (TPSA) is 91.2 Å². The maximum absolute atomic E-state index is 16.3. The smallest absolute Gasteiger partial charge is 0.337 e. The van der Waals surface area contributed by atoms with E-state index >= 15 is 8.78 Å². The molecule has 5 rings (SSSR count). The molecule has 1 heterocycles. The number of nitrogens with zero attached hydrogens (tertiary/aromatic N) is 1. The van der Waals surface area contributed by atoms with E-state index in [2.05, 4.69) is 16.7 Å². The molecule has 0 aromatic heterocycles. The summed E-state index contributed by atoms with van der Waals surface area (Å²) in [4.78, 5) is 26.3. The maximum atomic E-state index is 16.3. The van der Waals surface area contributed by atoms with Crippen molar-refractivity contribution in [3.05, 3.63) is 99.0 Å². The summed E-state index contributed by atoms with van der Waals surface area (Å²) >= 11 is 12.6. The summed E-state index contributed by atoms with van der Waals surface area (Å²) in [5.41, 5.74) is -0.710. The number of amides is 1. The Morgan fingerprint density at radius 2 is 1.80 bits per heavy atom. The Kier molecular flexibility index (Phi) is 9.28. The Morgan fingerprint density at radius 1 is 1.11 bits per heavy atom. The van der Waals surface area contributed by atoms with Gasteiger partial charge in [-0.15, -0.1) is 0 Å². The highest BCUT2D eigenvalue weighted by molar-refractivity contribution is 6.31. The standard InChI is InChI=1S/C35H35Cl2F2N3O3/c1-34(2,3)17-28-35(25(18-40)19-8-9-19,24-15-12-21(36)16-27(24)38)29(23-6-5-7-26(37)30(23)39)31(42-28)32(43)41-22-13-10-20(11-14-22)33(44)45-4/h5-7,10-16,19,25,28-29,31,42H,8-9,17H2,1-4H3,(H,41,43)/t25?,28-,29-,31+,35+/m0/s1. The highest BCUT2D eigenvalue weighted by atomic mass is 35.5. The predicted octanol–water partition coefficient (Wildman–Crippen LogP) is 8.04. The van der Waals surface area contributed by atoms with Gasteiger partial charge in [-0.05, 0) is 84.2 Å². The van der Waals surface area contributed by atoms with Gasteiger partial charge in [-0.1, -0.05) is 62.2 Å². The summed E-state index contributed by atoms with van der Waals surface area (Å²) in [7, 11) is 1.28. The molecule has 10 heteroatoms. The summed E-state index contributed by atoms with van der Waals surface area (Å²) in [5, 5.41) is 17.3. The van der Waals surface area contributed by atoms with Crippen LogP contribution in [0.5, 0.6) is 0 Å². The molecule has 45 heavy (non-hydrogen) atoms. The van der Waals surface area contributed by atoms with Crippen LogP contribution >= 0.6 is 23.2 Å². The lowest BCUT2D eigenvalue weighted by molar-refractivity contribution is -0.118. The van der Waals surface area contributed by atoms with Crippen LogP contribution in [0, 0.1) is 40.2 Å². The molecule has 3 aromatic carbocycles. The Bertz CT molecular complexity index is 1650. The second-order valence-electron chi connectivity index (χ2n) is 13.1. The predicted molar refractivity (Wildman–Crippen MR) is 170 cm³/mol. The number of nitrogens with one attached hydrogen (secondary N) is 2. The van der Waals surface area contributed by atoms with Crippen LogP contribution in [-0.4, -0.2) is 31.1 Å². The number of nitriles is 1. The Labute approximate surface area is 272 Å². The van der Waals surface area contributed by atoms with E-state index in [1.807, 2.05) is 20.8 Å². The average Bonchev–Trinajstić information content (AvgIpc) is 3.77.